The number of nitrogens with zero attached hydrogens (tertiary/aromatic N) is 2. The molecule has 0 spiro atoms. The SMILES string of the molecule is Oc1[nH]c2cc(F)ccc2c1C1=CC(=NCCCN2CCOCC2)CO1. The van der Waals surface area contributed by atoms with Gasteiger partial charge in [0.2, 0.25) is 5.88 Å². The minimum atomic E-state index is -0.353. The lowest BCUT2D eigenvalue weighted by Crippen LogP contribution is -2.37. The average molecular weight is 359 g/mol. The quantitative estimate of drug-likeness (QED) is 0.805. The third kappa shape index (κ3) is 3.59. The van der Waals surface area contributed by atoms with Crippen molar-refractivity contribution in [2.75, 3.05) is 46.0 Å². The molecule has 138 valence electrons. The van der Waals surface area contributed by atoms with E-state index in [1.807, 2.05) is 6.08 Å². The average Bonchev–Trinajstić information content (AvgIpc) is 3.22. The number of aromatic hydroxyl groups is 1. The van der Waals surface area contributed by atoms with Gasteiger partial charge < -0.3 is 19.6 Å². The number of H-pyrrole nitrogens is 1. The fourth-order valence-electron chi connectivity index (χ4n) is 3.37. The van der Waals surface area contributed by atoms with E-state index in [4.69, 9.17) is 9.47 Å². The molecule has 1 aromatic heterocycles. The smallest absolute Gasteiger partial charge is 0.200 e. The highest BCUT2D eigenvalue weighted by atomic mass is 19.1. The molecule has 0 bridgehead atoms. The molecule has 0 unspecified atom stereocenters. The van der Waals surface area contributed by atoms with Crippen molar-refractivity contribution in [2.45, 2.75) is 6.42 Å². The highest BCUT2D eigenvalue weighted by Gasteiger charge is 2.21. The number of hydrogen-bond acceptors (Lipinski definition) is 5. The van der Waals surface area contributed by atoms with Gasteiger partial charge in [0.15, 0.2) is 0 Å². The summed E-state index contributed by atoms with van der Waals surface area (Å²) in [6, 6.07) is 4.36. The molecule has 2 aliphatic heterocycles. The van der Waals surface area contributed by atoms with E-state index in [9.17, 15) is 9.50 Å². The summed E-state index contributed by atoms with van der Waals surface area (Å²) in [5.41, 5.74) is 1.95. The topological polar surface area (TPSA) is 70.1 Å². The second-order valence-corrected chi connectivity index (χ2v) is 6.52. The molecule has 2 aromatic rings. The Bertz CT molecular complexity index is 853. The van der Waals surface area contributed by atoms with E-state index < -0.39 is 0 Å². The van der Waals surface area contributed by atoms with E-state index in [2.05, 4.69) is 14.9 Å². The van der Waals surface area contributed by atoms with Crippen molar-refractivity contribution >= 4 is 22.4 Å². The van der Waals surface area contributed by atoms with Gasteiger partial charge in [0.25, 0.3) is 0 Å². The van der Waals surface area contributed by atoms with Crippen LogP contribution < -0.4 is 0 Å². The lowest BCUT2D eigenvalue weighted by atomic mass is 10.1. The predicted octanol–water partition coefficient (Wildman–Crippen LogP) is 2.55. The van der Waals surface area contributed by atoms with Crippen LogP contribution in [-0.4, -0.2) is 66.7 Å². The van der Waals surface area contributed by atoms with Gasteiger partial charge in [-0.25, -0.2) is 4.39 Å². The van der Waals surface area contributed by atoms with Crippen LogP contribution in [0.15, 0.2) is 29.3 Å². The number of ether oxygens (including phenoxy) is 2. The number of aliphatic imine (C=N–C) groups is 1. The van der Waals surface area contributed by atoms with Gasteiger partial charge in [-0.3, -0.25) is 9.89 Å². The first kappa shape index (κ1) is 17.1. The standard InChI is InChI=1S/C19H22FN3O3/c20-13-2-3-15-16(10-13)22-19(24)18(15)17-11-14(12-26-17)21-4-1-5-23-6-8-25-9-7-23/h2-3,10-11,22,24H,1,4-9,12H2. The molecule has 1 aromatic carbocycles. The van der Waals surface area contributed by atoms with E-state index in [1.54, 1.807) is 6.07 Å². The lowest BCUT2D eigenvalue weighted by molar-refractivity contribution is 0.0377. The Hall–Kier alpha value is -2.38. The van der Waals surface area contributed by atoms with Crippen LogP contribution in [-0.2, 0) is 9.47 Å². The van der Waals surface area contributed by atoms with Crippen LogP contribution in [0.5, 0.6) is 5.88 Å². The minimum absolute atomic E-state index is 0.0228. The van der Waals surface area contributed by atoms with Gasteiger partial charge in [0, 0.05) is 37.6 Å². The molecule has 0 saturated carbocycles. The Morgan fingerprint density at radius 1 is 1.27 bits per heavy atom. The second kappa shape index (κ2) is 7.47. The van der Waals surface area contributed by atoms with Crippen LogP contribution in [0.4, 0.5) is 4.39 Å². The molecule has 1 saturated heterocycles. The molecule has 1 fully saturated rings. The van der Waals surface area contributed by atoms with Crippen molar-refractivity contribution in [2.24, 2.45) is 4.99 Å². The Morgan fingerprint density at radius 2 is 2.12 bits per heavy atom. The van der Waals surface area contributed by atoms with Crippen molar-refractivity contribution in [3.05, 3.63) is 35.7 Å². The largest absolute Gasteiger partial charge is 0.494 e. The molecule has 0 radical (unpaired) electrons. The van der Waals surface area contributed by atoms with Gasteiger partial charge in [-0.1, -0.05) is 0 Å². The molecule has 2 N–H and O–H groups in total. The number of aromatic nitrogens is 1. The Labute approximate surface area is 150 Å². The Morgan fingerprint density at radius 3 is 2.96 bits per heavy atom. The number of benzene rings is 1. The number of hydrogen-bond donors (Lipinski definition) is 2. The number of halogens is 1. The summed E-state index contributed by atoms with van der Waals surface area (Å²) in [6.07, 6.45) is 2.84. The Balaban J connectivity index is 1.42. The van der Waals surface area contributed by atoms with Crippen LogP contribution in [0, 0.1) is 5.82 Å². The molecule has 0 amide bonds. The fourth-order valence-corrected chi connectivity index (χ4v) is 3.37. The number of fused-ring (bicyclic) bond motifs is 1. The maximum Gasteiger partial charge on any atom is 0.200 e. The second-order valence-electron chi connectivity index (χ2n) is 6.52. The van der Waals surface area contributed by atoms with Crippen LogP contribution in [0.3, 0.4) is 0 Å². The molecule has 7 heteroatoms. The van der Waals surface area contributed by atoms with Crippen LogP contribution in [0.2, 0.25) is 0 Å². The molecular weight excluding hydrogens is 337 g/mol. The normalized spacial score (nSPS) is 19.9. The summed E-state index contributed by atoms with van der Waals surface area (Å²) in [5.74, 6) is 0.187. The number of aromatic amines is 1. The predicted molar refractivity (Wildman–Crippen MR) is 98.0 cm³/mol. The van der Waals surface area contributed by atoms with Crippen molar-refractivity contribution in [1.82, 2.24) is 9.88 Å². The van der Waals surface area contributed by atoms with Gasteiger partial charge >= 0.3 is 0 Å². The Kier molecular flexibility index (Phi) is 4.90. The lowest BCUT2D eigenvalue weighted by Gasteiger charge is -2.26. The first-order chi connectivity index (χ1) is 12.7. The molecule has 4 rings (SSSR count). The molecule has 0 aliphatic carbocycles. The van der Waals surface area contributed by atoms with Crippen LogP contribution in [0.1, 0.15) is 12.0 Å². The third-order valence-electron chi connectivity index (χ3n) is 4.71. The van der Waals surface area contributed by atoms with Gasteiger partial charge in [0.1, 0.15) is 18.2 Å². The molecule has 0 atom stereocenters. The monoisotopic (exact) mass is 359 g/mol. The third-order valence-corrected chi connectivity index (χ3v) is 4.71. The van der Waals surface area contributed by atoms with Gasteiger partial charge in [-0.2, -0.15) is 0 Å². The number of nitrogens with one attached hydrogen (secondary N) is 1. The highest BCUT2D eigenvalue weighted by molar-refractivity contribution is 6.07. The fraction of sp³-hybridized carbons (Fsp3) is 0.421. The molecular formula is C19H22FN3O3. The summed E-state index contributed by atoms with van der Waals surface area (Å²) >= 11 is 0. The number of rotatable bonds is 5. The van der Waals surface area contributed by atoms with Gasteiger partial charge in [0.05, 0.1) is 30.0 Å². The van der Waals surface area contributed by atoms with Crippen LogP contribution in [0.25, 0.3) is 16.7 Å². The summed E-state index contributed by atoms with van der Waals surface area (Å²) in [7, 11) is 0. The molecule has 26 heavy (non-hydrogen) atoms. The zero-order valence-corrected chi connectivity index (χ0v) is 14.5. The molecule has 6 nitrogen and oxygen atoms in total. The van der Waals surface area contributed by atoms with E-state index in [0.717, 1.165) is 56.9 Å². The van der Waals surface area contributed by atoms with E-state index in [0.29, 0.717) is 23.4 Å². The maximum atomic E-state index is 13.3. The van der Waals surface area contributed by atoms with Gasteiger partial charge in [-0.05, 0) is 24.6 Å². The van der Waals surface area contributed by atoms with E-state index >= 15 is 0 Å². The van der Waals surface area contributed by atoms with Crippen LogP contribution >= 0.6 is 0 Å². The van der Waals surface area contributed by atoms with Gasteiger partial charge in [-0.15, -0.1) is 0 Å². The molecule has 3 heterocycles. The zero-order chi connectivity index (χ0) is 17.9. The maximum absolute atomic E-state index is 13.3. The molecule has 2 aliphatic rings. The zero-order valence-electron chi connectivity index (χ0n) is 14.5. The first-order valence-electron chi connectivity index (χ1n) is 8.89. The summed E-state index contributed by atoms with van der Waals surface area (Å²) in [6.45, 7) is 5.75. The first-order valence-corrected chi connectivity index (χ1v) is 8.89. The summed E-state index contributed by atoms with van der Waals surface area (Å²) in [5, 5.41) is 10.9. The summed E-state index contributed by atoms with van der Waals surface area (Å²) in [4.78, 5) is 9.77. The highest BCUT2D eigenvalue weighted by Crippen LogP contribution is 2.35. The number of morpholine rings is 1. The van der Waals surface area contributed by atoms with Crippen molar-refractivity contribution in [3.8, 4) is 5.88 Å². The summed E-state index contributed by atoms with van der Waals surface area (Å²) < 4.78 is 24.4. The van der Waals surface area contributed by atoms with E-state index in [-0.39, 0.29) is 11.7 Å². The van der Waals surface area contributed by atoms with Crippen molar-refractivity contribution in [3.63, 3.8) is 0 Å². The van der Waals surface area contributed by atoms with Crippen molar-refractivity contribution < 1.29 is 19.0 Å². The minimum Gasteiger partial charge on any atom is -0.494 e. The van der Waals surface area contributed by atoms with Crippen molar-refractivity contribution in [1.29, 1.82) is 0 Å². The van der Waals surface area contributed by atoms with E-state index in [1.165, 1.54) is 12.1 Å².